The Bertz CT molecular complexity index is 822. The number of primary amides is 1. The molecule has 0 aromatic heterocycles. The summed E-state index contributed by atoms with van der Waals surface area (Å²) in [6.07, 6.45) is 0.736. The number of hydrogen-bond donors (Lipinski definition) is 2. The maximum Gasteiger partial charge on any atom is 0.269 e. The van der Waals surface area contributed by atoms with E-state index in [1.165, 1.54) is 12.1 Å². The largest absolute Gasteiger partial charge is 0.387 e. The van der Waals surface area contributed by atoms with Crippen molar-refractivity contribution in [2.24, 2.45) is 5.73 Å². The topological polar surface area (TPSA) is 110 Å². The number of rotatable bonds is 5. The summed E-state index contributed by atoms with van der Waals surface area (Å²) >= 11 is 0. The number of non-ortho nitro benzene ring substituents is 1. The molecule has 3 N–H and O–H groups in total. The molecule has 1 aliphatic rings. The number of hydrogen-bond acceptors (Lipinski definition) is 5. The summed E-state index contributed by atoms with van der Waals surface area (Å²) in [5.74, 6) is -0.460. The molecule has 7 heteroatoms. The number of aliphatic hydroxyl groups excluding tert-OH is 1. The van der Waals surface area contributed by atoms with Crippen LogP contribution in [0.5, 0.6) is 0 Å². The van der Waals surface area contributed by atoms with E-state index in [2.05, 4.69) is 0 Å². The van der Waals surface area contributed by atoms with E-state index in [4.69, 9.17) is 5.73 Å². The first-order valence-corrected chi connectivity index (χ1v) is 8.06. The van der Waals surface area contributed by atoms with E-state index in [-0.39, 0.29) is 12.2 Å². The minimum atomic E-state index is -0.872. The van der Waals surface area contributed by atoms with Crippen molar-refractivity contribution in [2.45, 2.75) is 18.9 Å². The second kappa shape index (κ2) is 6.90. The first-order valence-electron chi connectivity index (χ1n) is 8.06. The molecule has 3 rings (SSSR count). The summed E-state index contributed by atoms with van der Waals surface area (Å²) in [6, 6.07) is 11.4. The fourth-order valence-electron chi connectivity index (χ4n) is 3.28. The molecule has 7 nitrogen and oxygen atoms in total. The van der Waals surface area contributed by atoms with Crippen LogP contribution >= 0.6 is 0 Å². The summed E-state index contributed by atoms with van der Waals surface area (Å²) in [5.41, 5.74) is 8.18. The molecular weight excluding hydrogens is 322 g/mol. The van der Waals surface area contributed by atoms with Gasteiger partial charge in [-0.05, 0) is 36.1 Å². The number of nitrogens with two attached hydrogens (primary N) is 1. The monoisotopic (exact) mass is 341 g/mol. The SMILES string of the molecule is NC(=O)c1cccc2c1CCCN2CC(O)c1cccc([N+](=O)[O-])c1. The van der Waals surface area contributed by atoms with Crippen molar-refractivity contribution in [3.8, 4) is 0 Å². The van der Waals surface area contributed by atoms with Crippen molar-refractivity contribution < 1.29 is 14.8 Å². The number of β-amino-alcohol motifs (C(OH)–C–C–N with tert-alkyl or cyclic N) is 1. The predicted molar refractivity (Wildman–Crippen MR) is 93.6 cm³/mol. The third-order valence-electron chi connectivity index (χ3n) is 4.47. The lowest BCUT2D eigenvalue weighted by Crippen LogP contribution is -2.34. The van der Waals surface area contributed by atoms with Crippen LogP contribution in [0.4, 0.5) is 11.4 Å². The number of nitro benzene ring substituents is 1. The average Bonchev–Trinajstić information content (AvgIpc) is 2.61. The maximum atomic E-state index is 11.6. The number of fused-ring (bicyclic) bond motifs is 1. The molecule has 1 heterocycles. The zero-order valence-corrected chi connectivity index (χ0v) is 13.6. The Morgan fingerprint density at radius 2 is 2.08 bits per heavy atom. The van der Waals surface area contributed by atoms with Gasteiger partial charge in [-0.3, -0.25) is 14.9 Å². The van der Waals surface area contributed by atoms with E-state index >= 15 is 0 Å². The van der Waals surface area contributed by atoms with E-state index in [0.717, 1.165) is 30.6 Å². The van der Waals surface area contributed by atoms with Gasteiger partial charge in [0.2, 0.25) is 5.91 Å². The smallest absolute Gasteiger partial charge is 0.269 e. The van der Waals surface area contributed by atoms with Crippen LogP contribution in [-0.2, 0) is 6.42 Å². The third kappa shape index (κ3) is 3.46. The van der Waals surface area contributed by atoms with Gasteiger partial charge in [-0.25, -0.2) is 0 Å². The molecule has 0 saturated carbocycles. The number of aliphatic hydroxyl groups is 1. The van der Waals surface area contributed by atoms with E-state index < -0.39 is 16.9 Å². The summed E-state index contributed by atoms with van der Waals surface area (Å²) in [6.45, 7) is 1.03. The second-order valence-electron chi connectivity index (χ2n) is 6.08. The van der Waals surface area contributed by atoms with Gasteiger partial charge in [0, 0.05) is 36.5 Å². The Kier molecular flexibility index (Phi) is 4.67. The second-order valence-corrected chi connectivity index (χ2v) is 6.08. The van der Waals surface area contributed by atoms with Crippen LogP contribution in [-0.4, -0.2) is 29.0 Å². The average molecular weight is 341 g/mol. The van der Waals surface area contributed by atoms with E-state index in [9.17, 15) is 20.0 Å². The highest BCUT2D eigenvalue weighted by Crippen LogP contribution is 2.31. The fourth-order valence-corrected chi connectivity index (χ4v) is 3.28. The molecule has 0 fully saturated rings. The van der Waals surface area contributed by atoms with Crippen LogP contribution in [0.3, 0.4) is 0 Å². The first kappa shape index (κ1) is 16.9. The number of nitro groups is 1. The quantitative estimate of drug-likeness (QED) is 0.640. The third-order valence-corrected chi connectivity index (χ3v) is 4.47. The van der Waals surface area contributed by atoms with Gasteiger partial charge < -0.3 is 15.7 Å². The van der Waals surface area contributed by atoms with Gasteiger partial charge in [0.1, 0.15) is 0 Å². The van der Waals surface area contributed by atoms with Gasteiger partial charge in [0.25, 0.3) is 5.69 Å². The van der Waals surface area contributed by atoms with Gasteiger partial charge in [-0.1, -0.05) is 18.2 Å². The van der Waals surface area contributed by atoms with Gasteiger partial charge >= 0.3 is 0 Å². The number of carbonyl (C=O) groups excluding carboxylic acids is 1. The van der Waals surface area contributed by atoms with Crippen LogP contribution in [0.25, 0.3) is 0 Å². The number of benzene rings is 2. The first-order chi connectivity index (χ1) is 12.0. The lowest BCUT2D eigenvalue weighted by molar-refractivity contribution is -0.385. The minimum Gasteiger partial charge on any atom is -0.387 e. The van der Waals surface area contributed by atoms with Crippen LogP contribution < -0.4 is 10.6 Å². The lowest BCUT2D eigenvalue weighted by atomic mass is 9.95. The predicted octanol–water partition coefficient (Wildman–Crippen LogP) is 2.18. The molecule has 0 spiro atoms. The van der Waals surface area contributed by atoms with E-state index in [0.29, 0.717) is 11.1 Å². The van der Waals surface area contributed by atoms with Crippen molar-refractivity contribution in [3.63, 3.8) is 0 Å². The summed E-state index contributed by atoms with van der Waals surface area (Å²) < 4.78 is 0. The molecule has 1 aliphatic heterocycles. The molecule has 130 valence electrons. The van der Waals surface area contributed by atoms with Crippen molar-refractivity contribution in [3.05, 3.63) is 69.3 Å². The molecular formula is C18H19N3O4. The van der Waals surface area contributed by atoms with Crippen LogP contribution in [0.1, 0.15) is 34.0 Å². The van der Waals surface area contributed by atoms with Gasteiger partial charge in [-0.15, -0.1) is 0 Å². The Morgan fingerprint density at radius 3 is 2.80 bits per heavy atom. The van der Waals surface area contributed by atoms with E-state index in [1.807, 2.05) is 11.0 Å². The van der Waals surface area contributed by atoms with Gasteiger partial charge in [0.05, 0.1) is 11.0 Å². The van der Waals surface area contributed by atoms with Crippen molar-refractivity contribution in [1.29, 1.82) is 0 Å². The molecule has 0 saturated heterocycles. The molecule has 1 amide bonds. The molecule has 2 aromatic carbocycles. The Hall–Kier alpha value is -2.93. The van der Waals surface area contributed by atoms with Crippen LogP contribution in [0.2, 0.25) is 0 Å². The van der Waals surface area contributed by atoms with Crippen molar-refractivity contribution in [2.75, 3.05) is 18.0 Å². The molecule has 0 aliphatic carbocycles. The molecule has 0 bridgehead atoms. The number of amides is 1. The maximum absolute atomic E-state index is 11.6. The zero-order valence-electron chi connectivity index (χ0n) is 13.6. The van der Waals surface area contributed by atoms with Crippen LogP contribution in [0.15, 0.2) is 42.5 Å². The molecule has 2 aromatic rings. The Morgan fingerprint density at radius 1 is 1.32 bits per heavy atom. The van der Waals surface area contributed by atoms with Crippen molar-refractivity contribution in [1.82, 2.24) is 0 Å². The van der Waals surface area contributed by atoms with E-state index in [1.54, 1.807) is 24.3 Å². The number of anilines is 1. The Balaban J connectivity index is 1.85. The summed E-state index contributed by atoms with van der Waals surface area (Å²) in [4.78, 5) is 24.0. The zero-order chi connectivity index (χ0) is 18.0. The molecule has 0 radical (unpaired) electrons. The van der Waals surface area contributed by atoms with Gasteiger partial charge in [0.15, 0.2) is 0 Å². The summed E-state index contributed by atoms with van der Waals surface area (Å²) in [7, 11) is 0. The highest BCUT2D eigenvalue weighted by Gasteiger charge is 2.24. The van der Waals surface area contributed by atoms with Crippen molar-refractivity contribution >= 4 is 17.3 Å². The Labute approximate surface area is 144 Å². The highest BCUT2D eigenvalue weighted by molar-refractivity contribution is 5.96. The number of carbonyl (C=O) groups is 1. The fraction of sp³-hybridized carbons (Fsp3) is 0.278. The molecule has 1 unspecified atom stereocenters. The standard InChI is InChI=1S/C18H19N3O4/c19-18(23)15-6-2-8-16-14(15)7-3-9-20(16)11-17(22)12-4-1-5-13(10-12)21(24)25/h1-2,4-6,8,10,17,22H,3,7,9,11H2,(H2,19,23). The molecule has 1 atom stereocenters. The summed E-state index contributed by atoms with van der Waals surface area (Å²) in [5, 5.41) is 21.4. The number of nitrogens with zero attached hydrogens (tertiary/aromatic N) is 2. The van der Waals surface area contributed by atoms with Gasteiger partial charge in [-0.2, -0.15) is 0 Å². The molecule has 25 heavy (non-hydrogen) atoms. The minimum absolute atomic E-state index is 0.0494. The highest BCUT2D eigenvalue weighted by atomic mass is 16.6. The normalized spacial score (nSPS) is 14.7. The lowest BCUT2D eigenvalue weighted by Gasteiger charge is -2.33. The van der Waals surface area contributed by atoms with Crippen LogP contribution in [0, 0.1) is 10.1 Å².